The van der Waals surface area contributed by atoms with Gasteiger partial charge in [0, 0.05) is 0 Å². The summed E-state index contributed by atoms with van der Waals surface area (Å²) in [6, 6.07) is 0. The molecule has 0 spiro atoms. The Balaban J connectivity index is 0. The molecule has 0 radical (unpaired) electrons. The van der Waals surface area contributed by atoms with E-state index in [4.69, 9.17) is 20.4 Å². The van der Waals surface area contributed by atoms with Crippen molar-refractivity contribution in [3.63, 3.8) is 0 Å². The summed E-state index contributed by atoms with van der Waals surface area (Å²) in [7, 11) is 0. The molecule has 0 amide bonds. The highest BCUT2D eigenvalue weighted by atomic mass is 32.2. The van der Waals surface area contributed by atoms with Crippen LogP contribution in [0.4, 0.5) is 0 Å². The van der Waals surface area contributed by atoms with E-state index >= 15 is 0 Å². The summed E-state index contributed by atoms with van der Waals surface area (Å²) in [4.78, 5) is 0. The van der Waals surface area contributed by atoms with Crippen LogP contribution >= 0.6 is 11.8 Å². The van der Waals surface area contributed by atoms with E-state index in [1.807, 2.05) is 0 Å². The first-order chi connectivity index (χ1) is 12.2. The van der Waals surface area contributed by atoms with Crippen molar-refractivity contribution in [2.24, 2.45) is 5.41 Å². The first-order valence-electron chi connectivity index (χ1n) is 10.2. The zero-order valence-electron chi connectivity index (χ0n) is 16.7. The minimum Gasteiger partial charge on any atom is -0.396 e. The number of aliphatic hydroxyl groups is 4. The van der Waals surface area contributed by atoms with Gasteiger partial charge in [-0.1, -0.05) is 71.6 Å². The number of hydrogen-bond donors (Lipinski definition) is 4. The molecule has 4 nitrogen and oxygen atoms in total. The van der Waals surface area contributed by atoms with Gasteiger partial charge in [0.05, 0.1) is 31.8 Å². The molecule has 0 aromatic rings. The summed E-state index contributed by atoms with van der Waals surface area (Å²) in [6.07, 6.45) is 15.9. The lowest BCUT2D eigenvalue weighted by molar-refractivity contribution is -0.0328. The number of unbranched alkanes of at least 4 members (excludes halogenated alkanes) is 9. The van der Waals surface area contributed by atoms with Crippen LogP contribution in [0, 0.1) is 5.41 Å². The van der Waals surface area contributed by atoms with E-state index in [1.54, 1.807) is 0 Å². The molecule has 0 fully saturated rings. The highest BCUT2D eigenvalue weighted by Gasteiger charge is 2.26. The highest BCUT2D eigenvalue weighted by molar-refractivity contribution is 7.99. The lowest BCUT2D eigenvalue weighted by Gasteiger charge is -2.23. The van der Waals surface area contributed by atoms with Gasteiger partial charge in [-0.2, -0.15) is 11.8 Å². The Morgan fingerprint density at radius 1 is 0.520 bits per heavy atom. The van der Waals surface area contributed by atoms with E-state index in [0.29, 0.717) is 0 Å². The van der Waals surface area contributed by atoms with Gasteiger partial charge < -0.3 is 20.4 Å². The Bertz CT molecular complexity index is 204. The van der Waals surface area contributed by atoms with Gasteiger partial charge in [-0.3, -0.25) is 0 Å². The third-order valence-corrected chi connectivity index (χ3v) is 5.61. The van der Waals surface area contributed by atoms with Gasteiger partial charge in [0.25, 0.3) is 0 Å². The lowest BCUT2D eigenvalue weighted by Crippen LogP contribution is -2.37. The summed E-state index contributed by atoms with van der Waals surface area (Å²) in [5, 5.41) is 34.0. The molecule has 0 aromatic carbocycles. The van der Waals surface area contributed by atoms with E-state index in [0.717, 1.165) is 0 Å². The Kier molecular flexibility index (Phi) is 24.4. The van der Waals surface area contributed by atoms with Crippen molar-refractivity contribution in [3.05, 3.63) is 0 Å². The van der Waals surface area contributed by atoms with Crippen LogP contribution in [0.25, 0.3) is 0 Å². The molecule has 0 saturated heterocycles. The van der Waals surface area contributed by atoms with Crippen molar-refractivity contribution in [1.29, 1.82) is 0 Å². The van der Waals surface area contributed by atoms with Crippen LogP contribution in [0.3, 0.4) is 0 Å². The molecule has 0 aliphatic heterocycles. The first kappa shape index (κ1) is 27.4. The van der Waals surface area contributed by atoms with Gasteiger partial charge in [0.1, 0.15) is 0 Å². The summed E-state index contributed by atoms with van der Waals surface area (Å²) in [6.45, 7) is 2.93. The molecule has 0 saturated carbocycles. The molecule has 154 valence electrons. The molecule has 5 heteroatoms. The minimum atomic E-state index is -1.11. The van der Waals surface area contributed by atoms with Gasteiger partial charge >= 0.3 is 0 Å². The molecule has 0 bridgehead atoms. The average molecular weight is 381 g/mol. The summed E-state index contributed by atoms with van der Waals surface area (Å²) in [5.41, 5.74) is -1.11. The van der Waals surface area contributed by atoms with Crippen LogP contribution in [-0.4, -0.2) is 58.4 Å². The highest BCUT2D eigenvalue weighted by Crippen LogP contribution is 2.13. The molecule has 0 rings (SSSR count). The topological polar surface area (TPSA) is 80.9 Å². The van der Waals surface area contributed by atoms with Gasteiger partial charge in [-0.25, -0.2) is 0 Å². The third-order valence-electron chi connectivity index (χ3n) is 4.33. The van der Waals surface area contributed by atoms with Crippen molar-refractivity contribution in [1.82, 2.24) is 0 Å². The van der Waals surface area contributed by atoms with Crippen molar-refractivity contribution in [3.8, 4) is 0 Å². The Morgan fingerprint density at radius 3 is 1.24 bits per heavy atom. The molecular weight excluding hydrogens is 336 g/mol. The SMILES string of the molecule is CCCCCCCCCCCCSCCC.OCC(CO)(CO)CO. The second-order valence-electron chi connectivity index (χ2n) is 6.93. The van der Waals surface area contributed by atoms with Crippen LogP contribution in [0.5, 0.6) is 0 Å². The predicted octanol–water partition coefficient (Wildman–Crippen LogP) is 3.99. The van der Waals surface area contributed by atoms with Crippen molar-refractivity contribution >= 4 is 11.8 Å². The summed E-state index contributed by atoms with van der Waals surface area (Å²) < 4.78 is 0. The summed E-state index contributed by atoms with van der Waals surface area (Å²) in [5.74, 6) is 2.75. The van der Waals surface area contributed by atoms with Gasteiger partial charge in [-0.05, 0) is 24.3 Å². The molecule has 0 aromatic heterocycles. The third kappa shape index (κ3) is 18.8. The largest absolute Gasteiger partial charge is 0.396 e. The van der Waals surface area contributed by atoms with Crippen molar-refractivity contribution < 1.29 is 20.4 Å². The number of rotatable bonds is 17. The smallest absolute Gasteiger partial charge is 0.0627 e. The van der Waals surface area contributed by atoms with Crippen LogP contribution in [0.15, 0.2) is 0 Å². The Hall–Kier alpha value is 0.190. The molecule has 0 unspecified atom stereocenters. The number of aliphatic hydroxyl groups excluding tert-OH is 4. The zero-order chi connectivity index (χ0) is 19.2. The standard InChI is InChI=1S/C15H32S.C5H12O4/c1-3-5-6-7-8-9-10-11-12-13-15-16-14-4-2;6-1-5(2-7,3-8)4-9/h3-15H2,1-2H3;6-9H,1-4H2. The van der Waals surface area contributed by atoms with E-state index in [9.17, 15) is 0 Å². The van der Waals surface area contributed by atoms with Crippen LogP contribution in [0.1, 0.15) is 84.5 Å². The van der Waals surface area contributed by atoms with Gasteiger partial charge in [0.15, 0.2) is 0 Å². The number of hydrogen-bond acceptors (Lipinski definition) is 5. The maximum Gasteiger partial charge on any atom is 0.0627 e. The predicted molar refractivity (Wildman–Crippen MR) is 110 cm³/mol. The fourth-order valence-corrected chi connectivity index (χ4v) is 3.14. The Morgan fingerprint density at radius 2 is 0.920 bits per heavy atom. The molecule has 4 N–H and O–H groups in total. The normalized spacial score (nSPS) is 11.3. The first-order valence-corrected chi connectivity index (χ1v) is 11.3. The van der Waals surface area contributed by atoms with E-state index in [1.165, 1.54) is 82.1 Å². The molecule has 25 heavy (non-hydrogen) atoms. The molecular formula is C20H44O4S. The zero-order valence-corrected chi connectivity index (χ0v) is 17.5. The molecule has 0 atom stereocenters. The fraction of sp³-hybridized carbons (Fsp3) is 1.00. The van der Waals surface area contributed by atoms with Crippen molar-refractivity contribution in [2.45, 2.75) is 84.5 Å². The average Bonchev–Trinajstić information content (AvgIpc) is 2.66. The number of thioether (sulfide) groups is 1. The van der Waals surface area contributed by atoms with Crippen LogP contribution in [-0.2, 0) is 0 Å². The molecule has 0 heterocycles. The Labute approximate surface area is 160 Å². The van der Waals surface area contributed by atoms with E-state index < -0.39 is 31.8 Å². The minimum absolute atomic E-state index is 0.406. The van der Waals surface area contributed by atoms with Gasteiger partial charge in [-0.15, -0.1) is 0 Å². The summed E-state index contributed by atoms with van der Waals surface area (Å²) >= 11 is 2.13. The second kappa shape index (κ2) is 22.2. The monoisotopic (exact) mass is 380 g/mol. The lowest BCUT2D eigenvalue weighted by atomic mass is 9.93. The van der Waals surface area contributed by atoms with Crippen molar-refractivity contribution in [2.75, 3.05) is 37.9 Å². The van der Waals surface area contributed by atoms with E-state index in [-0.39, 0.29) is 0 Å². The van der Waals surface area contributed by atoms with Gasteiger partial charge in [0.2, 0.25) is 0 Å². The van der Waals surface area contributed by atoms with Crippen LogP contribution in [0.2, 0.25) is 0 Å². The molecule has 0 aliphatic carbocycles. The maximum atomic E-state index is 8.50. The maximum absolute atomic E-state index is 8.50. The quantitative estimate of drug-likeness (QED) is 0.287. The fourth-order valence-electron chi connectivity index (χ4n) is 2.24. The van der Waals surface area contributed by atoms with Crippen LogP contribution < -0.4 is 0 Å². The second-order valence-corrected chi connectivity index (χ2v) is 8.15. The molecule has 0 aliphatic rings. The van der Waals surface area contributed by atoms with E-state index in [2.05, 4.69) is 25.6 Å².